The molecule has 0 amide bonds. The van der Waals surface area contributed by atoms with Crippen LogP contribution in [0, 0.1) is 10.8 Å². The lowest BCUT2D eigenvalue weighted by Gasteiger charge is -2.08. The van der Waals surface area contributed by atoms with E-state index in [2.05, 4.69) is 8.37 Å². The number of aliphatic hydroxyl groups is 2. The van der Waals surface area contributed by atoms with Crippen molar-refractivity contribution in [3.05, 3.63) is 59.7 Å². The number of hydrogen-bond donors (Lipinski definition) is 6. The number of ether oxygens (including phenoxy) is 2. The fourth-order valence-corrected chi connectivity index (χ4v) is 2.85. The van der Waals surface area contributed by atoms with Crippen LogP contribution in [0.2, 0.25) is 0 Å². The number of rotatable bonds is 16. The van der Waals surface area contributed by atoms with E-state index in [-0.39, 0.29) is 38.1 Å². The maximum atomic E-state index is 9.42. The van der Waals surface area contributed by atoms with E-state index >= 15 is 0 Å². The first-order valence-electron chi connectivity index (χ1n) is 11.4. The molecule has 0 fully saturated rings. The molecule has 0 spiro atoms. The predicted molar refractivity (Wildman–Crippen MR) is 144 cm³/mol. The number of hydrogen-bond acceptors (Lipinski definition) is 12. The monoisotopic (exact) mass is 590 g/mol. The molecule has 14 nitrogen and oxygen atoms in total. The summed E-state index contributed by atoms with van der Waals surface area (Å²) in [7, 11) is 0. The van der Waals surface area contributed by atoms with Gasteiger partial charge in [0.15, 0.2) is 0 Å². The van der Waals surface area contributed by atoms with Gasteiger partial charge in [-0.05, 0) is 67.8 Å². The highest BCUT2D eigenvalue weighted by Crippen LogP contribution is 2.14. The van der Waals surface area contributed by atoms with Crippen LogP contribution in [0.5, 0.6) is 11.5 Å². The van der Waals surface area contributed by atoms with Gasteiger partial charge in [-0.15, -0.1) is 0 Å². The first-order valence-corrected chi connectivity index (χ1v) is 13.4. The van der Waals surface area contributed by atoms with Crippen LogP contribution in [0.25, 0.3) is 0 Å². The summed E-state index contributed by atoms with van der Waals surface area (Å²) in [4.78, 5) is 0. The number of aliphatic hydroxyl groups excluding tert-OH is 2. The third-order valence-corrected chi connectivity index (χ3v) is 4.92. The van der Waals surface area contributed by atoms with Crippen LogP contribution in [0.15, 0.2) is 48.5 Å². The molecule has 16 heteroatoms. The Morgan fingerprint density at radius 3 is 1.23 bits per heavy atom. The second-order valence-electron chi connectivity index (χ2n) is 7.13. The Kier molecular flexibility index (Phi) is 21.2. The molecule has 0 radical (unpaired) electrons. The Morgan fingerprint density at radius 2 is 1.00 bits per heavy atom. The predicted octanol–water partition coefficient (Wildman–Crippen LogP) is 0.462. The highest BCUT2D eigenvalue weighted by molar-refractivity contribution is 7.74. The molecule has 39 heavy (non-hydrogen) atoms. The van der Waals surface area contributed by atoms with E-state index in [0.29, 0.717) is 24.3 Å². The SMILES string of the molecule is N=C(N)c1ccc(OCCCCCOc2ccc(C(=N)N)cc2)cc1.O=S([O-])OCCO.O=S([O-])OCCO. The summed E-state index contributed by atoms with van der Waals surface area (Å²) in [5.74, 6) is 1.68. The molecule has 0 heterocycles. The number of nitrogen functional groups attached to an aromatic ring is 2. The Labute approximate surface area is 232 Å². The molecular weight excluding hydrogens is 556 g/mol. The Hall–Kier alpha value is -2.96. The van der Waals surface area contributed by atoms with E-state index in [1.54, 1.807) is 24.3 Å². The van der Waals surface area contributed by atoms with Crippen molar-refractivity contribution in [3.8, 4) is 11.5 Å². The van der Waals surface area contributed by atoms with Crippen LogP contribution in [0.4, 0.5) is 0 Å². The third-order valence-electron chi connectivity index (χ3n) is 4.20. The van der Waals surface area contributed by atoms with Gasteiger partial charge in [0.2, 0.25) is 0 Å². The summed E-state index contributed by atoms with van der Waals surface area (Å²) in [6.07, 6.45) is 2.90. The number of amidine groups is 2. The smallest absolute Gasteiger partial charge is 0.122 e. The van der Waals surface area contributed by atoms with Gasteiger partial charge in [0.1, 0.15) is 23.2 Å². The van der Waals surface area contributed by atoms with Crippen molar-refractivity contribution in [3.63, 3.8) is 0 Å². The first-order chi connectivity index (χ1) is 18.6. The van der Waals surface area contributed by atoms with Crippen molar-refractivity contribution in [2.75, 3.05) is 39.6 Å². The molecule has 0 aromatic heterocycles. The average molecular weight is 591 g/mol. The second-order valence-corrected chi connectivity index (χ2v) is 8.42. The Morgan fingerprint density at radius 1 is 0.667 bits per heavy atom. The minimum atomic E-state index is -2.48. The summed E-state index contributed by atoms with van der Waals surface area (Å²) in [6, 6.07) is 14.4. The van der Waals surface area contributed by atoms with Gasteiger partial charge in [-0.25, -0.2) is 8.42 Å². The zero-order chi connectivity index (χ0) is 29.5. The minimum absolute atomic E-state index is 0.0579. The summed E-state index contributed by atoms with van der Waals surface area (Å²) in [6.45, 7) is 0.438. The van der Waals surface area contributed by atoms with Gasteiger partial charge < -0.3 is 40.3 Å². The quantitative estimate of drug-likeness (QED) is 0.0674. The molecular formula is C23H34N4O10S2-2. The highest BCUT2D eigenvalue weighted by Gasteiger charge is 2.00. The first kappa shape index (κ1) is 36.0. The molecule has 8 N–H and O–H groups in total. The molecule has 0 aliphatic carbocycles. The zero-order valence-electron chi connectivity index (χ0n) is 21.1. The average Bonchev–Trinajstić information content (AvgIpc) is 2.91. The van der Waals surface area contributed by atoms with Crippen LogP contribution < -0.4 is 20.9 Å². The molecule has 0 saturated heterocycles. The van der Waals surface area contributed by atoms with E-state index in [1.165, 1.54) is 0 Å². The molecule has 2 rings (SSSR count). The summed E-state index contributed by atoms with van der Waals surface area (Å²) < 4.78 is 56.7. The normalized spacial score (nSPS) is 11.6. The van der Waals surface area contributed by atoms with Gasteiger partial charge >= 0.3 is 0 Å². The molecule has 0 bridgehead atoms. The maximum absolute atomic E-state index is 9.42. The van der Waals surface area contributed by atoms with Crippen molar-refractivity contribution in [1.29, 1.82) is 10.8 Å². The van der Waals surface area contributed by atoms with E-state index < -0.39 is 22.7 Å². The van der Waals surface area contributed by atoms with Crippen LogP contribution in [-0.2, 0) is 31.1 Å². The van der Waals surface area contributed by atoms with Crippen LogP contribution in [-0.4, -0.2) is 79.0 Å². The van der Waals surface area contributed by atoms with Gasteiger partial charge in [0.05, 0.1) is 62.4 Å². The molecule has 220 valence electrons. The number of unbranched alkanes of at least 4 members (excludes halogenated alkanes) is 2. The molecule has 2 aromatic rings. The fourth-order valence-electron chi connectivity index (χ4n) is 2.43. The lowest BCUT2D eigenvalue weighted by Crippen LogP contribution is -2.10. The van der Waals surface area contributed by atoms with Gasteiger partial charge in [0.25, 0.3) is 0 Å². The van der Waals surface area contributed by atoms with Crippen molar-refractivity contribution in [2.45, 2.75) is 19.3 Å². The lowest BCUT2D eigenvalue weighted by molar-refractivity contribution is 0.200. The maximum Gasteiger partial charge on any atom is 0.122 e. The minimum Gasteiger partial charge on any atom is -0.750 e. The highest BCUT2D eigenvalue weighted by atomic mass is 32.2. The van der Waals surface area contributed by atoms with Gasteiger partial charge in [0, 0.05) is 11.1 Å². The zero-order valence-corrected chi connectivity index (χ0v) is 22.7. The van der Waals surface area contributed by atoms with Crippen molar-refractivity contribution in [2.24, 2.45) is 11.5 Å². The molecule has 0 saturated carbocycles. The summed E-state index contributed by atoms with van der Waals surface area (Å²) >= 11 is -4.95. The van der Waals surface area contributed by atoms with Crippen molar-refractivity contribution >= 4 is 34.4 Å². The lowest BCUT2D eigenvalue weighted by atomic mass is 10.2. The largest absolute Gasteiger partial charge is 0.750 e. The van der Waals surface area contributed by atoms with E-state index in [0.717, 1.165) is 30.8 Å². The molecule has 0 aliphatic heterocycles. The van der Waals surface area contributed by atoms with Gasteiger partial charge in [-0.2, -0.15) is 0 Å². The Balaban J connectivity index is 0.000000848. The summed E-state index contributed by atoms with van der Waals surface area (Å²) in [5, 5.41) is 30.5. The van der Waals surface area contributed by atoms with E-state index in [1.807, 2.05) is 24.3 Å². The number of nitrogens with two attached hydrogens (primary N) is 2. The van der Waals surface area contributed by atoms with Crippen molar-refractivity contribution < 1.29 is 45.6 Å². The number of benzene rings is 2. The van der Waals surface area contributed by atoms with Gasteiger partial charge in [-0.1, -0.05) is 0 Å². The third kappa shape index (κ3) is 20.6. The molecule has 2 unspecified atom stereocenters. The second kappa shape index (κ2) is 23.0. The van der Waals surface area contributed by atoms with E-state index in [4.69, 9.17) is 42.0 Å². The standard InChI is InChI=1S/C19H24N4O2.2C2H6O4S/c20-18(21)14-4-8-16(9-5-14)24-12-2-1-3-13-25-17-10-6-15(7-11-17)19(22)23;2*3-1-2-6-7(4)5/h4-11H,1-3,12-13H2,(H3,20,21)(H3,22,23);2*3H,1-2H2,(H,4,5)/p-2. The topological polar surface area (TPSA) is 257 Å². The van der Waals surface area contributed by atoms with Crippen LogP contribution in [0.1, 0.15) is 30.4 Å². The van der Waals surface area contributed by atoms with Crippen LogP contribution >= 0.6 is 0 Å². The van der Waals surface area contributed by atoms with E-state index in [9.17, 15) is 17.5 Å². The van der Waals surface area contributed by atoms with Gasteiger partial charge in [-0.3, -0.25) is 19.2 Å². The Bertz CT molecular complexity index is 916. The molecule has 2 aromatic carbocycles. The van der Waals surface area contributed by atoms with Crippen LogP contribution in [0.3, 0.4) is 0 Å². The number of nitrogens with one attached hydrogen (secondary N) is 2. The van der Waals surface area contributed by atoms with Crippen molar-refractivity contribution in [1.82, 2.24) is 0 Å². The summed E-state index contributed by atoms with van der Waals surface area (Å²) in [5.41, 5.74) is 12.2. The molecule has 2 atom stereocenters. The fraction of sp³-hybridized carbons (Fsp3) is 0.391. The molecule has 0 aliphatic rings.